The Bertz CT molecular complexity index is 1000. The summed E-state index contributed by atoms with van der Waals surface area (Å²) in [4.78, 5) is 24.9. The molecule has 1 atom stereocenters. The second kappa shape index (κ2) is 11.0. The summed E-state index contributed by atoms with van der Waals surface area (Å²) >= 11 is 5.81. The summed E-state index contributed by atoms with van der Waals surface area (Å²) in [5.41, 5.74) is 0. The summed E-state index contributed by atoms with van der Waals surface area (Å²) in [7, 11) is -3.59. The van der Waals surface area contributed by atoms with Gasteiger partial charge < -0.3 is 15.1 Å². The van der Waals surface area contributed by atoms with Gasteiger partial charge in [0.25, 0.3) is 0 Å². The van der Waals surface area contributed by atoms with Crippen molar-refractivity contribution in [2.24, 2.45) is 11.8 Å². The van der Waals surface area contributed by atoms with Crippen LogP contribution in [0.4, 0.5) is 0 Å². The molecule has 32 heavy (non-hydrogen) atoms. The summed E-state index contributed by atoms with van der Waals surface area (Å²) in [5.74, 6) is 0.197. The third-order valence-electron chi connectivity index (χ3n) is 5.67. The van der Waals surface area contributed by atoms with Gasteiger partial charge in [0.05, 0.1) is 17.7 Å². The molecule has 2 aromatic rings. The van der Waals surface area contributed by atoms with Crippen LogP contribution in [0.3, 0.4) is 0 Å². The van der Waals surface area contributed by atoms with Crippen molar-refractivity contribution in [3.8, 4) is 0 Å². The number of carbonyl (C=O) groups is 2. The maximum absolute atomic E-state index is 12.6. The predicted octanol–water partition coefficient (Wildman–Crippen LogP) is 2.84. The Morgan fingerprint density at radius 2 is 1.81 bits per heavy atom. The molecule has 2 amide bonds. The molecular weight excluding hydrogens is 454 g/mol. The molecule has 3 N–H and O–H groups in total. The smallest absolute Gasteiger partial charge is 0.242 e. The van der Waals surface area contributed by atoms with Gasteiger partial charge in [-0.1, -0.05) is 11.6 Å². The van der Waals surface area contributed by atoms with Crippen LogP contribution < -0.4 is 15.4 Å². The summed E-state index contributed by atoms with van der Waals surface area (Å²) in [6, 6.07) is 8.87. The molecule has 1 heterocycles. The molecule has 1 aromatic heterocycles. The van der Waals surface area contributed by atoms with Crippen LogP contribution in [0, 0.1) is 11.8 Å². The van der Waals surface area contributed by atoms with E-state index in [0.717, 1.165) is 12.8 Å². The normalized spacial score (nSPS) is 19.8. The van der Waals surface area contributed by atoms with E-state index >= 15 is 0 Å². The van der Waals surface area contributed by atoms with Gasteiger partial charge in [0, 0.05) is 17.5 Å². The van der Waals surface area contributed by atoms with Crippen LogP contribution in [0.1, 0.15) is 38.4 Å². The van der Waals surface area contributed by atoms with E-state index < -0.39 is 16.1 Å². The molecule has 0 spiro atoms. The lowest BCUT2D eigenvalue weighted by molar-refractivity contribution is -0.131. The highest BCUT2D eigenvalue weighted by molar-refractivity contribution is 7.89. The van der Waals surface area contributed by atoms with Crippen molar-refractivity contribution in [2.45, 2.75) is 50.1 Å². The van der Waals surface area contributed by atoms with Crippen LogP contribution >= 0.6 is 11.6 Å². The Kier molecular flexibility index (Phi) is 8.33. The van der Waals surface area contributed by atoms with Gasteiger partial charge in [0.1, 0.15) is 11.8 Å². The fourth-order valence-corrected chi connectivity index (χ4v) is 4.93. The summed E-state index contributed by atoms with van der Waals surface area (Å²) in [6.45, 7) is 2.24. The highest BCUT2D eigenvalue weighted by atomic mass is 35.5. The lowest BCUT2D eigenvalue weighted by Crippen LogP contribution is -2.47. The monoisotopic (exact) mass is 481 g/mol. The van der Waals surface area contributed by atoms with E-state index in [-0.39, 0.29) is 35.1 Å². The second-order valence-corrected chi connectivity index (χ2v) is 10.3. The highest BCUT2D eigenvalue weighted by Crippen LogP contribution is 2.29. The van der Waals surface area contributed by atoms with Crippen molar-refractivity contribution in [3.05, 3.63) is 53.4 Å². The summed E-state index contributed by atoms with van der Waals surface area (Å²) in [6.07, 6.45) is 4.31. The number of amides is 2. The first kappa shape index (κ1) is 24.3. The van der Waals surface area contributed by atoms with Crippen LogP contribution in [0.25, 0.3) is 0 Å². The molecule has 0 radical (unpaired) electrons. The van der Waals surface area contributed by atoms with Crippen LogP contribution in [0.5, 0.6) is 0 Å². The maximum atomic E-state index is 12.6. The number of halogens is 1. The number of sulfonamides is 1. The minimum atomic E-state index is -3.59. The van der Waals surface area contributed by atoms with E-state index in [4.69, 9.17) is 16.0 Å². The minimum Gasteiger partial charge on any atom is -0.467 e. The van der Waals surface area contributed by atoms with Gasteiger partial charge in [-0.05, 0) is 74.9 Å². The number of furan rings is 1. The van der Waals surface area contributed by atoms with Gasteiger partial charge in [-0.15, -0.1) is 0 Å². The van der Waals surface area contributed by atoms with E-state index in [2.05, 4.69) is 15.4 Å². The van der Waals surface area contributed by atoms with E-state index in [1.165, 1.54) is 30.5 Å². The number of hydrogen-bond acceptors (Lipinski definition) is 5. The van der Waals surface area contributed by atoms with Crippen LogP contribution in [0.15, 0.2) is 52.0 Å². The zero-order valence-electron chi connectivity index (χ0n) is 17.8. The summed E-state index contributed by atoms with van der Waals surface area (Å²) in [5, 5.41) is 5.98. The minimum absolute atomic E-state index is 0.147. The van der Waals surface area contributed by atoms with E-state index in [1.54, 1.807) is 19.1 Å². The molecule has 10 heteroatoms. The zero-order valence-corrected chi connectivity index (χ0v) is 19.4. The fraction of sp³-hybridized carbons (Fsp3) is 0.455. The number of carbonyl (C=O) groups excluding carboxylic acids is 2. The Hall–Kier alpha value is -2.36. The topological polar surface area (TPSA) is 118 Å². The molecular formula is C22H28ClN3O5S. The Balaban J connectivity index is 1.39. The third-order valence-corrected chi connectivity index (χ3v) is 7.36. The fourth-order valence-electron chi connectivity index (χ4n) is 3.69. The number of rotatable bonds is 9. The van der Waals surface area contributed by atoms with Crippen LogP contribution in [0.2, 0.25) is 5.02 Å². The zero-order chi connectivity index (χ0) is 23.1. The molecule has 1 aliphatic carbocycles. The largest absolute Gasteiger partial charge is 0.467 e. The van der Waals surface area contributed by atoms with Crippen molar-refractivity contribution >= 4 is 33.4 Å². The molecule has 1 aromatic carbocycles. The average Bonchev–Trinajstić information content (AvgIpc) is 3.30. The van der Waals surface area contributed by atoms with Gasteiger partial charge >= 0.3 is 0 Å². The molecule has 0 saturated heterocycles. The predicted molar refractivity (Wildman–Crippen MR) is 120 cm³/mol. The molecule has 0 unspecified atom stereocenters. The molecule has 1 fully saturated rings. The van der Waals surface area contributed by atoms with Crippen molar-refractivity contribution in [1.29, 1.82) is 0 Å². The SMILES string of the molecule is C[C@@H](NC(=O)C1CCC(CNS(=O)(=O)c2ccc(Cl)cc2)CC1)C(=O)NCc1ccco1. The average molecular weight is 482 g/mol. The molecule has 8 nitrogen and oxygen atoms in total. The van der Waals surface area contributed by atoms with Gasteiger partial charge in [0.15, 0.2) is 0 Å². The van der Waals surface area contributed by atoms with E-state index in [1.807, 2.05) is 0 Å². The van der Waals surface area contributed by atoms with Gasteiger partial charge in [-0.3, -0.25) is 9.59 Å². The van der Waals surface area contributed by atoms with Crippen molar-refractivity contribution in [2.75, 3.05) is 6.54 Å². The van der Waals surface area contributed by atoms with Crippen molar-refractivity contribution < 1.29 is 22.4 Å². The van der Waals surface area contributed by atoms with Crippen molar-refractivity contribution in [3.63, 3.8) is 0 Å². The Labute approximate surface area is 193 Å². The van der Waals surface area contributed by atoms with E-state index in [0.29, 0.717) is 30.2 Å². The quantitative estimate of drug-likeness (QED) is 0.509. The second-order valence-electron chi connectivity index (χ2n) is 8.05. The molecule has 0 aliphatic heterocycles. The van der Waals surface area contributed by atoms with Gasteiger partial charge in [-0.2, -0.15) is 0 Å². The Morgan fingerprint density at radius 1 is 1.12 bits per heavy atom. The number of hydrogen-bond donors (Lipinski definition) is 3. The van der Waals surface area contributed by atoms with Gasteiger partial charge in [-0.25, -0.2) is 13.1 Å². The molecule has 3 rings (SSSR count). The van der Waals surface area contributed by atoms with Crippen LogP contribution in [-0.4, -0.2) is 32.8 Å². The first-order valence-corrected chi connectivity index (χ1v) is 12.5. The standard InChI is InChI=1S/C22H28ClN3O5S/c1-15(21(27)24-14-19-3-2-12-31-19)26-22(28)17-6-4-16(5-7-17)13-25-32(29,30)20-10-8-18(23)9-11-20/h2-3,8-12,15-17,25H,4-7,13-14H2,1H3,(H,24,27)(H,26,28)/t15-,16?,17?/m1/s1. The van der Waals surface area contributed by atoms with Gasteiger partial charge in [0.2, 0.25) is 21.8 Å². The highest BCUT2D eigenvalue weighted by Gasteiger charge is 2.29. The van der Waals surface area contributed by atoms with Crippen LogP contribution in [-0.2, 0) is 26.2 Å². The third kappa shape index (κ3) is 6.82. The first-order chi connectivity index (χ1) is 15.2. The molecule has 0 bridgehead atoms. The lowest BCUT2D eigenvalue weighted by Gasteiger charge is -2.28. The molecule has 1 aliphatic rings. The Morgan fingerprint density at radius 3 is 2.44 bits per heavy atom. The maximum Gasteiger partial charge on any atom is 0.242 e. The lowest BCUT2D eigenvalue weighted by atomic mass is 9.81. The van der Waals surface area contributed by atoms with E-state index in [9.17, 15) is 18.0 Å². The summed E-state index contributed by atoms with van der Waals surface area (Å²) < 4.78 is 32.6. The number of nitrogens with one attached hydrogen (secondary N) is 3. The molecule has 1 saturated carbocycles. The van der Waals surface area contributed by atoms with Crippen molar-refractivity contribution in [1.82, 2.24) is 15.4 Å². The number of benzene rings is 1. The first-order valence-electron chi connectivity index (χ1n) is 10.6. The molecule has 174 valence electrons.